The molecule has 5 nitrogen and oxygen atoms in total. The quantitative estimate of drug-likeness (QED) is 0.425. The zero-order valence-electron chi connectivity index (χ0n) is 17.3. The summed E-state index contributed by atoms with van der Waals surface area (Å²) in [5.74, 6) is -0.553. The third-order valence-electron chi connectivity index (χ3n) is 5.66. The summed E-state index contributed by atoms with van der Waals surface area (Å²) in [5, 5.41) is 12.3. The van der Waals surface area contributed by atoms with Crippen molar-refractivity contribution in [1.82, 2.24) is 4.57 Å². The predicted octanol–water partition coefficient (Wildman–Crippen LogP) is 5.36. The minimum Gasteiger partial charge on any atom is -0.346 e. The van der Waals surface area contributed by atoms with E-state index in [4.69, 9.17) is 0 Å². The maximum Gasteiger partial charge on any atom is 0.266 e. The van der Waals surface area contributed by atoms with Crippen molar-refractivity contribution in [2.45, 2.75) is 58.9 Å². The molecule has 1 amide bonds. The summed E-state index contributed by atoms with van der Waals surface area (Å²) in [7, 11) is 0. The minimum atomic E-state index is -0.476. The topological polar surface area (TPSA) is 74.9 Å². The molecule has 1 saturated carbocycles. The second-order valence-electron chi connectivity index (χ2n) is 7.75. The van der Waals surface area contributed by atoms with Crippen LogP contribution in [0.15, 0.2) is 35.9 Å². The SMILES string of the molecule is CC(=O)c1cccc(NC(=O)/C(C#N)=C/c2cc(C)n(C3CCCCC3)c2C)c1. The lowest BCUT2D eigenvalue weighted by molar-refractivity contribution is -0.112. The van der Waals surface area contributed by atoms with E-state index in [1.165, 1.54) is 39.0 Å². The Labute approximate surface area is 172 Å². The number of aryl methyl sites for hydroxylation is 1. The molecule has 5 heteroatoms. The van der Waals surface area contributed by atoms with Gasteiger partial charge in [-0.3, -0.25) is 9.59 Å². The summed E-state index contributed by atoms with van der Waals surface area (Å²) in [6.45, 7) is 5.61. The highest BCUT2D eigenvalue weighted by Gasteiger charge is 2.20. The Morgan fingerprint density at radius 3 is 2.55 bits per heavy atom. The molecule has 1 aromatic carbocycles. The third kappa shape index (κ3) is 4.65. The van der Waals surface area contributed by atoms with Crippen LogP contribution in [0.4, 0.5) is 5.69 Å². The molecular weight excluding hydrogens is 362 g/mol. The Kier molecular flexibility index (Phi) is 6.33. The molecule has 150 valence electrons. The molecule has 3 rings (SSSR count). The van der Waals surface area contributed by atoms with Crippen molar-refractivity contribution in [2.24, 2.45) is 0 Å². The van der Waals surface area contributed by atoms with Crippen LogP contribution >= 0.6 is 0 Å². The van der Waals surface area contributed by atoms with Gasteiger partial charge in [0.1, 0.15) is 11.6 Å². The van der Waals surface area contributed by atoms with Gasteiger partial charge in [-0.25, -0.2) is 0 Å². The van der Waals surface area contributed by atoms with Crippen LogP contribution in [0.1, 0.15) is 72.4 Å². The van der Waals surface area contributed by atoms with Crippen LogP contribution in [-0.2, 0) is 4.79 Å². The molecule has 1 aliphatic carbocycles. The molecule has 2 aromatic rings. The van der Waals surface area contributed by atoms with Crippen molar-refractivity contribution in [3.63, 3.8) is 0 Å². The first-order valence-electron chi connectivity index (χ1n) is 10.1. The number of carbonyl (C=O) groups is 2. The minimum absolute atomic E-state index is 0.0436. The number of nitriles is 1. The second kappa shape index (κ2) is 8.91. The van der Waals surface area contributed by atoms with E-state index in [0.717, 1.165) is 17.0 Å². The first kappa shape index (κ1) is 20.6. The fraction of sp³-hybridized carbons (Fsp3) is 0.375. The number of amides is 1. The van der Waals surface area contributed by atoms with Crippen molar-refractivity contribution >= 4 is 23.5 Å². The van der Waals surface area contributed by atoms with Gasteiger partial charge in [0.2, 0.25) is 0 Å². The lowest BCUT2D eigenvalue weighted by Gasteiger charge is -2.26. The molecular formula is C24H27N3O2. The van der Waals surface area contributed by atoms with Gasteiger partial charge in [-0.05, 0) is 63.5 Å². The summed E-state index contributed by atoms with van der Waals surface area (Å²) in [6.07, 6.45) is 7.81. The van der Waals surface area contributed by atoms with Gasteiger partial charge < -0.3 is 9.88 Å². The van der Waals surface area contributed by atoms with Crippen LogP contribution in [0.5, 0.6) is 0 Å². The highest BCUT2D eigenvalue weighted by Crippen LogP contribution is 2.32. The van der Waals surface area contributed by atoms with Crippen molar-refractivity contribution in [2.75, 3.05) is 5.32 Å². The van der Waals surface area contributed by atoms with Crippen LogP contribution in [-0.4, -0.2) is 16.3 Å². The Hall–Kier alpha value is -3.13. The maximum absolute atomic E-state index is 12.6. The standard InChI is InChI=1S/C24H27N3O2/c1-16-12-20(17(2)27(16)23-10-5-4-6-11-23)13-21(15-25)24(29)26-22-9-7-8-19(14-22)18(3)28/h7-9,12-14,23H,4-6,10-11H2,1-3H3,(H,26,29)/b21-13+. The third-order valence-corrected chi connectivity index (χ3v) is 5.66. The molecule has 1 N–H and O–H groups in total. The van der Waals surface area contributed by atoms with Gasteiger partial charge in [0.05, 0.1) is 0 Å². The monoisotopic (exact) mass is 389 g/mol. The number of ketones is 1. The van der Waals surface area contributed by atoms with E-state index in [1.807, 2.05) is 12.1 Å². The number of hydrogen-bond donors (Lipinski definition) is 1. The zero-order chi connectivity index (χ0) is 21.0. The number of nitrogens with zero attached hydrogens (tertiary/aromatic N) is 2. The van der Waals surface area contributed by atoms with E-state index in [0.29, 0.717) is 17.3 Å². The van der Waals surface area contributed by atoms with E-state index < -0.39 is 5.91 Å². The summed E-state index contributed by atoms with van der Waals surface area (Å²) < 4.78 is 2.36. The Morgan fingerprint density at radius 1 is 1.17 bits per heavy atom. The number of benzene rings is 1. The molecule has 0 saturated heterocycles. The molecule has 29 heavy (non-hydrogen) atoms. The molecule has 0 unspecified atom stereocenters. The fourth-order valence-corrected chi connectivity index (χ4v) is 4.17. The summed E-state index contributed by atoms with van der Waals surface area (Å²) in [5.41, 5.74) is 4.21. The molecule has 1 heterocycles. The number of anilines is 1. The maximum atomic E-state index is 12.6. The van der Waals surface area contributed by atoms with Crippen LogP contribution in [0.25, 0.3) is 6.08 Å². The number of Topliss-reactive ketones (excluding diaryl/α,β-unsaturated/α-hetero) is 1. The molecule has 0 spiro atoms. The molecule has 1 fully saturated rings. The smallest absolute Gasteiger partial charge is 0.266 e. The summed E-state index contributed by atoms with van der Waals surface area (Å²) in [6, 6.07) is 11.3. The highest BCUT2D eigenvalue weighted by molar-refractivity contribution is 6.10. The van der Waals surface area contributed by atoms with Crippen LogP contribution in [0.3, 0.4) is 0 Å². The van der Waals surface area contributed by atoms with Gasteiger partial charge in [-0.1, -0.05) is 31.4 Å². The van der Waals surface area contributed by atoms with E-state index in [2.05, 4.69) is 23.7 Å². The number of hydrogen-bond acceptors (Lipinski definition) is 3. The predicted molar refractivity (Wildman–Crippen MR) is 115 cm³/mol. The van der Waals surface area contributed by atoms with Gasteiger partial charge in [0.15, 0.2) is 5.78 Å². The van der Waals surface area contributed by atoms with Crippen molar-refractivity contribution in [1.29, 1.82) is 5.26 Å². The number of rotatable bonds is 5. The van der Waals surface area contributed by atoms with Crippen LogP contribution in [0.2, 0.25) is 0 Å². The van der Waals surface area contributed by atoms with Gasteiger partial charge in [-0.15, -0.1) is 0 Å². The first-order valence-corrected chi connectivity index (χ1v) is 10.1. The molecule has 0 atom stereocenters. The Balaban J connectivity index is 1.84. The zero-order valence-corrected chi connectivity index (χ0v) is 17.3. The normalized spacial score (nSPS) is 15.0. The van der Waals surface area contributed by atoms with E-state index in [9.17, 15) is 14.9 Å². The van der Waals surface area contributed by atoms with Gasteiger partial charge in [-0.2, -0.15) is 5.26 Å². The molecule has 0 aliphatic heterocycles. The average Bonchev–Trinajstić information content (AvgIpc) is 2.99. The Bertz CT molecular complexity index is 1000. The lowest BCUT2D eigenvalue weighted by Crippen LogP contribution is -2.15. The van der Waals surface area contributed by atoms with E-state index in [1.54, 1.807) is 30.3 Å². The fourth-order valence-electron chi connectivity index (χ4n) is 4.17. The molecule has 0 radical (unpaired) electrons. The van der Waals surface area contributed by atoms with Crippen LogP contribution in [0, 0.1) is 25.2 Å². The van der Waals surface area contributed by atoms with E-state index in [-0.39, 0.29) is 11.4 Å². The number of nitrogens with one attached hydrogen (secondary N) is 1. The van der Waals surface area contributed by atoms with Crippen molar-refractivity contribution < 1.29 is 9.59 Å². The number of aromatic nitrogens is 1. The van der Waals surface area contributed by atoms with Crippen molar-refractivity contribution in [3.05, 3.63) is 58.4 Å². The average molecular weight is 389 g/mol. The largest absolute Gasteiger partial charge is 0.346 e. The summed E-state index contributed by atoms with van der Waals surface area (Å²) >= 11 is 0. The number of carbonyl (C=O) groups excluding carboxylic acids is 2. The van der Waals surface area contributed by atoms with Crippen LogP contribution < -0.4 is 5.32 Å². The van der Waals surface area contributed by atoms with Gasteiger partial charge in [0, 0.05) is 28.7 Å². The second-order valence-corrected chi connectivity index (χ2v) is 7.75. The van der Waals surface area contributed by atoms with E-state index >= 15 is 0 Å². The Morgan fingerprint density at radius 2 is 1.90 bits per heavy atom. The molecule has 1 aliphatic rings. The first-order chi connectivity index (χ1) is 13.9. The van der Waals surface area contributed by atoms with Gasteiger partial charge in [0.25, 0.3) is 5.91 Å². The summed E-state index contributed by atoms with van der Waals surface area (Å²) in [4.78, 5) is 24.2. The lowest BCUT2D eigenvalue weighted by atomic mass is 9.95. The highest BCUT2D eigenvalue weighted by atomic mass is 16.1. The molecule has 1 aromatic heterocycles. The van der Waals surface area contributed by atoms with Gasteiger partial charge >= 0.3 is 0 Å². The molecule has 0 bridgehead atoms. The van der Waals surface area contributed by atoms with Crippen molar-refractivity contribution in [3.8, 4) is 6.07 Å².